The average Bonchev–Trinajstić information content (AvgIpc) is 2.52. The first-order chi connectivity index (χ1) is 8.12. The van der Waals surface area contributed by atoms with Crippen LogP contribution in [0.4, 0.5) is 5.69 Å². The Kier molecular flexibility index (Phi) is 3.25. The van der Waals surface area contributed by atoms with Gasteiger partial charge in [-0.05, 0) is 17.7 Å². The molecular formula is C14H16ClNO. The van der Waals surface area contributed by atoms with Crippen LogP contribution in [0.1, 0.15) is 19.4 Å². The Morgan fingerprint density at radius 3 is 2.71 bits per heavy atom. The predicted octanol–water partition coefficient (Wildman–Crippen LogP) is 3.11. The van der Waals surface area contributed by atoms with Gasteiger partial charge in [-0.1, -0.05) is 32.0 Å². The number of benzene rings is 1. The van der Waals surface area contributed by atoms with Crippen LogP contribution in [-0.4, -0.2) is 18.7 Å². The summed E-state index contributed by atoms with van der Waals surface area (Å²) in [6, 6.07) is 8.24. The lowest BCUT2D eigenvalue weighted by molar-refractivity contribution is -0.104. The van der Waals surface area contributed by atoms with Crippen LogP contribution < -0.4 is 4.90 Å². The van der Waals surface area contributed by atoms with Gasteiger partial charge in [0.1, 0.15) is 6.29 Å². The fourth-order valence-corrected chi connectivity index (χ4v) is 2.70. The van der Waals surface area contributed by atoms with Gasteiger partial charge in [-0.2, -0.15) is 0 Å². The van der Waals surface area contributed by atoms with Crippen LogP contribution in [0.5, 0.6) is 0 Å². The van der Waals surface area contributed by atoms with Gasteiger partial charge in [0.25, 0.3) is 0 Å². The maximum Gasteiger partial charge on any atom is 0.144 e. The molecule has 0 saturated heterocycles. The second-order valence-corrected chi connectivity index (χ2v) is 5.05. The average molecular weight is 250 g/mol. The van der Waals surface area contributed by atoms with E-state index in [4.69, 9.17) is 11.6 Å². The maximum atomic E-state index is 10.8. The topological polar surface area (TPSA) is 20.3 Å². The molecule has 1 aromatic carbocycles. The fourth-order valence-electron chi connectivity index (χ4n) is 2.53. The standard InChI is InChI=1S/C14H16ClNO/c1-14(2)11-5-3-4-6-12(11)16(9-8-15)13(14)7-10-17/h3-7,10H,8-9H2,1-2H3. The molecular weight excluding hydrogens is 234 g/mol. The van der Waals surface area contributed by atoms with Crippen molar-refractivity contribution < 1.29 is 4.79 Å². The number of halogens is 1. The zero-order valence-corrected chi connectivity index (χ0v) is 10.9. The summed E-state index contributed by atoms with van der Waals surface area (Å²) in [5.41, 5.74) is 3.29. The van der Waals surface area contributed by atoms with Crippen molar-refractivity contribution in [1.82, 2.24) is 0 Å². The van der Waals surface area contributed by atoms with Gasteiger partial charge in [0.2, 0.25) is 0 Å². The van der Waals surface area contributed by atoms with Gasteiger partial charge in [0, 0.05) is 29.2 Å². The van der Waals surface area contributed by atoms with Crippen molar-refractivity contribution in [2.75, 3.05) is 17.3 Å². The number of para-hydroxylation sites is 1. The summed E-state index contributed by atoms with van der Waals surface area (Å²) in [5, 5.41) is 0. The van der Waals surface area contributed by atoms with Crippen LogP contribution in [-0.2, 0) is 10.2 Å². The number of aldehydes is 1. The summed E-state index contributed by atoms with van der Waals surface area (Å²) in [6.45, 7) is 4.99. The molecule has 90 valence electrons. The number of fused-ring (bicyclic) bond motifs is 1. The van der Waals surface area contributed by atoms with Gasteiger partial charge < -0.3 is 4.90 Å². The third-order valence-electron chi connectivity index (χ3n) is 3.33. The first kappa shape index (κ1) is 12.2. The number of carbonyl (C=O) groups excluding carboxylic acids is 1. The molecule has 0 saturated carbocycles. The van der Waals surface area contributed by atoms with Gasteiger partial charge in [0.05, 0.1) is 0 Å². The van der Waals surface area contributed by atoms with Crippen molar-refractivity contribution in [3.8, 4) is 0 Å². The molecule has 0 radical (unpaired) electrons. The lowest BCUT2D eigenvalue weighted by atomic mass is 9.84. The fraction of sp³-hybridized carbons (Fsp3) is 0.357. The Balaban J connectivity index is 2.58. The SMILES string of the molecule is CC1(C)C(=CC=O)N(CCCl)c2ccccc21. The number of rotatable bonds is 3. The summed E-state index contributed by atoms with van der Waals surface area (Å²) in [5.74, 6) is 0.542. The van der Waals surface area contributed by atoms with Gasteiger partial charge in [-0.15, -0.1) is 11.6 Å². The van der Waals surface area contributed by atoms with Crippen molar-refractivity contribution in [3.05, 3.63) is 41.6 Å². The number of nitrogens with zero attached hydrogens (tertiary/aromatic N) is 1. The van der Waals surface area contributed by atoms with Crippen molar-refractivity contribution >= 4 is 23.6 Å². The normalized spacial score (nSPS) is 19.5. The Bertz CT molecular complexity index is 465. The largest absolute Gasteiger partial charge is 0.343 e. The summed E-state index contributed by atoms with van der Waals surface area (Å²) in [7, 11) is 0. The summed E-state index contributed by atoms with van der Waals surface area (Å²) in [4.78, 5) is 12.9. The highest BCUT2D eigenvalue weighted by Gasteiger charge is 2.39. The summed E-state index contributed by atoms with van der Waals surface area (Å²) < 4.78 is 0. The van der Waals surface area contributed by atoms with E-state index in [9.17, 15) is 4.79 Å². The number of alkyl halides is 1. The Hall–Kier alpha value is -1.28. The van der Waals surface area contributed by atoms with E-state index in [1.54, 1.807) is 6.08 Å². The van der Waals surface area contributed by atoms with Crippen molar-refractivity contribution in [2.45, 2.75) is 19.3 Å². The molecule has 1 aliphatic rings. The number of hydrogen-bond donors (Lipinski definition) is 0. The first-order valence-corrected chi connectivity index (χ1v) is 6.25. The van der Waals surface area contributed by atoms with Crippen LogP contribution in [0.2, 0.25) is 0 Å². The van der Waals surface area contributed by atoms with Crippen molar-refractivity contribution in [2.24, 2.45) is 0 Å². The second-order valence-electron chi connectivity index (χ2n) is 4.67. The molecule has 0 N–H and O–H groups in total. The van der Waals surface area contributed by atoms with Crippen LogP contribution >= 0.6 is 11.6 Å². The van der Waals surface area contributed by atoms with Crippen LogP contribution in [0.3, 0.4) is 0 Å². The van der Waals surface area contributed by atoms with Crippen molar-refractivity contribution in [1.29, 1.82) is 0 Å². The van der Waals surface area contributed by atoms with E-state index < -0.39 is 0 Å². The highest BCUT2D eigenvalue weighted by atomic mass is 35.5. The monoisotopic (exact) mass is 249 g/mol. The molecule has 17 heavy (non-hydrogen) atoms. The molecule has 0 fully saturated rings. The number of anilines is 1. The lowest BCUT2D eigenvalue weighted by Gasteiger charge is -2.25. The van der Waals surface area contributed by atoms with E-state index in [1.165, 1.54) is 5.56 Å². The van der Waals surface area contributed by atoms with Crippen LogP contribution in [0.15, 0.2) is 36.0 Å². The number of allylic oxidation sites excluding steroid dienone is 2. The molecule has 3 heteroatoms. The zero-order valence-electron chi connectivity index (χ0n) is 10.1. The van der Waals surface area contributed by atoms with E-state index in [2.05, 4.69) is 30.9 Å². The molecule has 0 amide bonds. The van der Waals surface area contributed by atoms with E-state index in [0.29, 0.717) is 5.88 Å². The highest BCUT2D eigenvalue weighted by Crippen LogP contribution is 2.47. The van der Waals surface area contributed by atoms with Crippen molar-refractivity contribution in [3.63, 3.8) is 0 Å². The molecule has 0 spiro atoms. The highest BCUT2D eigenvalue weighted by molar-refractivity contribution is 6.18. The molecule has 1 aliphatic heterocycles. The Morgan fingerprint density at radius 2 is 2.06 bits per heavy atom. The number of carbonyl (C=O) groups is 1. The van der Waals surface area contributed by atoms with E-state index in [0.717, 1.165) is 24.2 Å². The van der Waals surface area contributed by atoms with E-state index in [1.807, 2.05) is 12.1 Å². The van der Waals surface area contributed by atoms with E-state index in [-0.39, 0.29) is 5.41 Å². The minimum Gasteiger partial charge on any atom is -0.343 e. The molecule has 2 nitrogen and oxygen atoms in total. The number of hydrogen-bond acceptors (Lipinski definition) is 2. The quantitative estimate of drug-likeness (QED) is 0.466. The first-order valence-electron chi connectivity index (χ1n) is 5.72. The molecule has 0 atom stereocenters. The van der Waals surface area contributed by atoms with Crippen LogP contribution in [0, 0.1) is 0 Å². The maximum absolute atomic E-state index is 10.8. The predicted molar refractivity (Wildman–Crippen MR) is 71.7 cm³/mol. The second kappa shape index (κ2) is 4.53. The van der Waals surface area contributed by atoms with Gasteiger partial charge in [-0.25, -0.2) is 0 Å². The molecule has 0 aliphatic carbocycles. The summed E-state index contributed by atoms with van der Waals surface area (Å²) in [6.07, 6.45) is 2.50. The van der Waals surface area contributed by atoms with Gasteiger partial charge >= 0.3 is 0 Å². The minimum absolute atomic E-state index is 0.135. The minimum atomic E-state index is -0.135. The third-order valence-corrected chi connectivity index (χ3v) is 3.50. The molecule has 0 aromatic heterocycles. The smallest absolute Gasteiger partial charge is 0.144 e. The molecule has 1 aromatic rings. The Labute approximate surface area is 107 Å². The molecule has 1 heterocycles. The Morgan fingerprint density at radius 1 is 1.35 bits per heavy atom. The summed E-state index contributed by atoms with van der Waals surface area (Å²) >= 11 is 5.85. The van der Waals surface area contributed by atoms with E-state index >= 15 is 0 Å². The third kappa shape index (κ3) is 1.87. The zero-order chi connectivity index (χ0) is 12.5. The van der Waals surface area contributed by atoms with Gasteiger partial charge in [0.15, 0.2) is 0 Å². The molecule has 0 unspecified atom stereocenters. The molecule has 0 bridgehead atoms. The van der Waals surface area contributed by atoms with Crippen LogP contribution in [0.25, 0.3) is 0 Å². The lowest BCUT2D eigenvalue weighted by Crippen LogP contribution is -2.27. The molecule has 2 rings (SSSR count). The van der Waals surface area contributed by atoms with Gasteiger partial charge in [-0.3, -0.25) is 4.79 Å².